The molecule has 0 bridgehead atoms. The van der Waals surface area contributed by atoms with E-state index < -0.39 is 17.7 Å². The van der Waals surface area contributed by atoms with E-state index in [4.69, 9.17) is 4.74 Å². The van der Waals surface area contributed by atoms with E-state index in [2.05, 4.69) is 5.32 Å². The normalized spacial score (nSPS) is 18.4. The van der Waals surface area contributed by atoms with E-state index in [9.17, 15) is 14.7 Å². The monoisotopic (exact) mass is 277 g/mol. The van der Waals surface area contributed by atoms with Crippen LogP contribution in [-0.4, -0.2) is 28.6 Å². The molecule has 1 aromatic carbocycles. The number of hydrogen-bond donors (Lipinski definition) is 2. The van der Waals surface area contributed by atoms with Gasteiger partial charge in [0.05, 0.1) is 6.04 Å². The number of phenols is 1. The highest BCUT2D eigenvalue weighted by Crippen LogP contribution is 2.25. The standard InChI is InChI=1S/C15H19NO4/c1-15(2,3)20-14(19)16-12-7-4-9-8-10(17)5-6-11(9)13(12)18/h5-6,8,12,17H,4,7H2,1-3H3,(H,16,19). The Morgan fingerprint density at radius 1 is 1.40 bits per heavy atom. The van der Waals surface area contributed by atoms with Gasteiger partial charge in [0.25, 0.3) is 0 Å². The number of ketones is 1. The van der Waals surface area contributed by atoms with Crippen LogP contribution in [0.4, 0.5) is 4.79 Å². The second-order valence-corrected chi connectivity index (χ2v) is 5.94. The fourth-order valence-corrected chi connectivity index (χ4v) is 2.23. The molecule has 0 saturated heterocycles. The molecule has 1 atom stereocenters. The average molecular weight is 277 g/mol. The lowest BCUT2D eigenvalue weighted by molar-refractivity contribution is 0.0486. The number of Topliss-reactive ketones (excluding diaryl/α,β-unsaturated/α-hetero) is 1. The van der Waals surface area contributed by atoms with Crippen LogP contribution in [0.2, 0.25) is 0 Å². The molecule has 0 aromatic heterocycles. The molecule has 20 heavy (non-hydrogen) atoms. The summed E-state index contributed by atoms with van der Waals surface area (Å²) in [4.78, 5) is 24.0. The molecular weight excluding hydrogens is 258 g/mol. The van der Waals surface area contributed by atoms with Gasteiger partial charge >= 0.3 is 6.09 Å². The third kappa shape index (κ3) is 3.29. The van der Waals surface area contributed by atoms with Crippen molar-refractivity contribution >= 4 is 11.9 Å². The number of amides is 1. The van der Waals surface area contributed by atoms with Gasteiger partial charge in [0.2, 0.25) is 0 Å². The van der Waals surface area contributed by atoms with Gasteiger partial charge in [-0.15, -0.1) is 0 Å². The molecule has 2 N–H and O–H groups in total. The second kappa shape index (κ2) is 5.15. The van der Waals surface area contributed by atoms with E-state index in [1.54, 1.807) is 32.9 Å². The van der Waals surface area contributed by atoms with E-state index in [-0.39, 0.29) is 11.5 Å². The lowest BCUT2D eigenvalue weighted by Crippen LogP contribution is -2.45. The quantitative estimate of drug-likeness (QED) is 0.826. The summed E-state index contributed by atoms with van der Waals surface area (Å²) in [5.41, 5.74) is 0.776. The fraction of sp³-hybridized carbons (Fsp3) is 0.467. The summed E-state index contributed by atoms with van der Waals surface area (Å²) in [5.74, 6) is 0.00668. The first-order valence-electron chi connectivity index (χ1n) is 6.62. The number of hydrogen-bond acceptors (Lipinski definition) is 4. The number of rotatable bonds is 1. The third-order valence-corrected chi connectivity index (χ3v) is 3.06. The van der Waals surface area contributed by atoms with Gasteiger partial charge in [-0.05, 0) is 57.4 Å². The minimum Gasteiger partial charge on any atom is -0.508 e. The van der Waals surface area contributed by atoms with E-state index in [0.29, 0.717) is 18.4 Å². The summed E-state index contributed by atoms with van der Waals surface area (Å²) in [7, 11) is 0. The average Bonchev–Trinajstić information content (AvgIpc) is 2.30. The lowest BCUT2D eigenvalue weighted by atomic mass is 9.87. The molecule has 1 unspecified atom stereocenters. The van der Waals surface area contributed by atoms with Crippen LogP contribution < -0.4 is 5.32 Å². The first-order chi connectivity index (χ1) is 9.26. The van der Waals surface area contributed by atoms with Gasteiger partial charge in [-0.25, -0.2) is 4.79 Å². The van der Waals surface area contributed by atoms with Crippen LogP contribution in [0.3, 0.4) is 0 Å². The third-order valence-electron chi connectivity index (χ3n) is 3.06. The van der Waals surface area contributed by atoms with Gasteiger partial charge < -0.3 is 15.2 Å². The van der Waals surface area contributed by atoms with Crippen molar-refractivity contribution in [1.29, 1.82) is 0 Å². The minimum atomic E-state index is -0.592. The van der Waals surface area contributed by atoms with Crippen LogP contribution in [0.25, 0.3) is 0 Å². The molecular formula is C15H19NO4. The maximum atomic E-state index is 12.3. The van der Waals surface area contributed by atoms with Crippen molar-refractivity contribution in [2.24, 2.45) is 0 Å². The highest BCUT2D eigenvalue weighted by Gasteiger charge is 2.30. The molecule has 1 aromatic rings. The largest absolute Gasteiger partial charge is 0.508 e. The number of aryl methyl sites for hydroxylation is 1. The summed E-state index contributed by atoms with van der Waals surface area (Å²) in [6.07, 6.45) is 0.558. The number of carbonyl (C=O) groups excluding carboxylic acids is 2. The van der Waals surface area contributed by atoms with Crippen molar-refractivity contribution in [2.45, 2.75) is 45.3 Å². The fourth-order valence-electron chi connectivity index (χ4n) is 2.23. The molecule has 0 aliphatic heterocycles. The summed E-state index contributed by atoms with van der Waals surface area (Å²) in [6.45, 7) is 5.31. The summed E-state index contributed by atoms with van der Waals surface area (Å²) in [6, 6.07) is 4.10. The molecule has 1 aliphatic carbocycles. The summed E-state index contributed by atoms with van der Waals surface area (Å²) < 4.78 is 5.15. The Kier molecular flexibility index (Phi) is 3.70. The number of fused-ring (bicyclic) bond motifs is 1. The predicted molar refractivity (Wildman–Crippen MR) is 73.9 cm³/mol. The number of alkyl carbamates (subject to hydrolysis) is 1. The van der Waals surface area contributed by atoms with E-state index in [1.165, 1.54) is 6.07 Å². The van der Waals surface area contributed by atoms with Crippen molar-refractivity contribution in [3.63, 3.8) is 0 Å². The number of ether oxygens (including phenoxy) is 1. The smallest absolute Gasteiger partial charge is 0.408 e. The van der Waals surface area contributed by atoms with Gasteiger partial charge in [-0.2, -0.15) is 0 Å². The Bertz CT molecular complexity index is 545. The zero-order valence-electron chi connectivity index (χ0n) is 11.9. The Hall–Kier alpha value is -2.04. The van der Waals surface area contributed by atoms with Crippen molar-refractivity contribution in [2.75, 3.05) is 0 Å². The number of aromatic hydroxyl groups is 1. The molecule has 2 rings (SSSR count). The minimum absolute atomic E-state index is 0.142. The van der Waals surface area contributed by atoms with Crippen LogP contribution in [0.1, 0.15) is 43.1 Å². The van der Waals surface area contributed by atoms with E-state index in [0.717, 1.165) is 5.56 Å². The number of benzene rings is 1. The van der Waals surface area contributed by atoms with Crippen LogP contribution in [0, 0.1) is 0 Å². The Labute approximate surface area is 117 Å². The summed E-state index contributed by atoms with van der Waals surface area (Å²) in [5, 5.41) is 12.0. The molecule has 0 spiro atoms. The molecule has 0 radical (unpaired) electrons. The van der Waals surface area contributed by atoms with Crippen molar-refractivity contribution in [3.05, 3.63) is 29.3 Å². The SMILES string of the molecule is CC(C)(C)OC(=O)NC1CCc2cc(O)ccc2C1=O. The predicted octanol–water partition coefficient (Wildman–Crippen LogP) is 2.41. The summed E-state index contributed by atoms with van der Waals surface area (Å²) >= 11 is 0. The highest BCUT2D eigenvalue weighted by molar-refractivity contribution is 6.03. The second-order valence-electron chi connectivity index (χ2n) is 5.94. The van der Waals surface area contributed by atoms with Crippen molar-refractivity contribution in [1.82, 2.24) is 5.32 Å². The van der Waals surface area contributed by atoms with Gasteiger partial charge in [0, 0.05) is 5.56 Å². The van der Waals surface area contributed by atoms with Gasteiger partial charge in [-0.1, -0.05) is 0 Å². The van der Waals surface area contributed by atoms with Gasteiger partial charge in [0.15, 0.2) is 5.78 Å². The van der Waals surface area contributed by atoms with Crippen molar-refractivity contribution in [3.8, 4) is 5.75 Å². The van der Waals surface area contributed by atoms with Crippen LogP contribution in [0.5, 0.6) is 5.75 Å². The zero-order valence-corrected chi connectivity index (χ0v) is 11.9. The zero-order chi connectivity index (χ0) is 14.9. The van der Waals surface area contributed by atoms with E-state index >= 15 is 0 Å². The van der Waals surface area contributed by atoms with Crippen LogP contribution in [0.15, 0.2) is 18.2 Å². The maximum Gasteiger partial charge on any atom is 0.408 e. The first-order valence-corrected chi connectivity index (χ1v) is 6.62. The van der Waals surface area contributed by atoms with Gasteiger partial charge in [-0.3, -0.25) is 4.79 Å². The maximum absolute atomic E-state index is 12.3. The topological polar surface area (TPSA) is 75.6 Å². The Balaban J connectivity index is 2.08. The molecule has 108 valence electrons. The van der Waals surface area contributed by atoms with Crippen LogP contribution >= 0.6 is 0 Å². The number of carbonyl (C=O) groups is 2. The first kappa shape index (κ1) is 14.4. The molecule has 1 aliphatic rings. The number of phenolic OH excluding ortho intramolecular Hbond substituents is 1. The Morgan fingerprint density at radius 2 is 2.10 bits per heavy atom. The molecule has 5 heteroatoms. The molecule has 0 fully saturated rings. The van der Waals surface area contributed by atoms with Crippen molar-refractivity contribution < 1.29 is 19.4 Å². The Morgan fingerprint density at radius 3 is 2.75 bits per heavy atom. The molecule has 1 amide bonds. The van der Waals surface area contributed by atoms with Gasteiger partial charge in [0.1, 0.15) is 11.4 Å². The van der Waals surface area contributed by atoms with Crippen LogP contribution in [-0.2, 0) is 11.2 Å². The number of nitrogens with one attached hydrogen (secondary N) is 1. The molecule has 0 saturated carbocycles. The van der Waals surface area contributed by atoms with E-state index in [1.807, 2.05) is 0 Å². The lowest BCUT2D eigenvalue weighted by Gasteiger charge is -2.26. The highest BCUT2D eigenvalue weighted by atomic mass is 16.6. The molecule has 0 heterocycles. The molecule has 5 nitrogen and oxygen atoms in total.